The minimum absolute atomic E-state index is 0.191. The molecule has 0 aromatic heterocycles. The Kier molecular flexibility index (Phi) is 5.75. The van der Waals surface area contributed by atoms with Crippen LogP contribution in [0.15, 0.2) is 30.3 Å². The summed E-state index contributed by atoms with van der Waals surface area (Å²) in [5.74, 6) is -0.526. The third-order valence-corrected chi connectivity index (χ3v) is 3.74. The van der Waals surface area contributed by atoms with E-state index in [4.69, 9.17) is 0 Å². The number of aliphatic hydroxyl groups excluding tert-OH is 1. The molecule has 1 aromatic carbocycles. The highest BCUT2D eigenvalue weighted by Crippen LogP contribution is 2.11. The van der Waals surface area contributed by atoms with Crippen LogP contribution in [0.4, 0.5) is 0 Å². The molecule has 1 saturated heterocycles. The highest BCUT2D eigenvalue weighted by Gasteiger charge is 2.26. The summed E-state index contributed by atoms with van der Waals surface area (Å²) in [5, 5.41) is 12.1. The summed E-state index contributed by atoms with van der Waals surface area (Å²) in [6.07, 6.45) is 4.22. The van der Waals surface area contributed by atoms with E-state index < -0.39 is 6.04 Å². The largest absolute Gasteiger partial charge is 0.394 e. The Morgan fingerprint density at radius 1 is 1.10 bits per heavy atom. The molecule has 114 valence electrons. The lowest BCUT2D eigenvalue weighted by molar-refractivity contribution is -0.134. The molecule has 0 saturated carbocycles. The van der Waals surface area contributed by atoms with Crippen molar-refractivity contribution in [3.05, 3.63) is 35.9 Å². The number of amides is 2. The second-order valence-electron chi connectivity index (χ2n) is 5.31. The van der Waals surface area contributed by atoms with Crippen LogP contribution in [-0.4, -0.2) is 47.6 Å². The maximum atomic E-state index is 12.4. The van der Waals surface area contributed by atoms with Crippen molar-refractivity contribution >= 4 is 11.8 Å². The Morgan fingerprint density at radius 2 is 1.71 bits per heavy atom. The molecular formula is C16H22N2O3. The molecule has 5 nitrogen and oxygen atoms in total. The minimum atomic E-state index is -0.865. The van der Waals surface area contributed by atoms with Crippen LogP contribution in [-0.2, 0) is 4.79 Å². The van der Waals surface area contributed by atoms with Crippen LogP contribution in [0.2, 0.25) is 0 Å². The normalized spacial score (nSPS) is 16.9. The molecule has 1 atom stereocenters. The standard InChI is InChI=1S/C16H22N2O3/c19-12-14(16(21)18-10-6-1-2-7-11-18)17-15(20)13-8-4-3-5-9-13/h3-5,8-9,14,19H,1-2,6-7,10-12H2,(H,17,20)/t14-/m0/s1. The quantitative estimate of drug-likeness (QED) is 0.875. The van der Waals surface area contributed by atoms with E-state index in [1.165, 1.54) is 0 Å². The smallest absolute Gasteiger partial charge is 0.251 e. The first-order chi connectivity index (χ1) is 10.2. The van der Waals surface area contributed by atoms with Crippen LogP contribution in [0.25, 0.3) is 0 Å². The van der Waals surface area contributed by atoms with Gasteiger partial charge in [-0.25, -0.2) is 0 Å². The molecular weight excluding hydrogens is 268 g/mol. The average molecular weight is 290 g/mol. The zero-order valence-electron chi connectivity index (χ0n) is 12.1. The third kappa shape index (κ3) is 4.29. The molecule has 1 heterocycles. The van der Waals surface area contributed by atoms with E-state index in [1.807, 2.05) is 6.07 Å². The van der Waals surface area contributed by atoms with Crippen LogP contribution in [0.1, 0.15) is 36.0 Å². The lowest BCUT2D eigenvalue weighted by atomic mass is 10.2. The molecule has 2 N–H and O–H groups in total. The van der Waals surface area contributed by atoms with Gasteiger partial charge in [0.05, 0.1) is 6.61 Å². The van der Waals surface area contributed by atoms with E-state index in [0.717, 1.165) is 25.7 Å². The molecule has 1 aliphatic heterocycles. The van der Waals surface area contributed by atoms with E-state index in [1.54, 1.807) is 29.2 Å². The van der Waals surface area contributed by atoms with Gasteiger partial charge in [-0.3, -0.25) is 9.59 Å². The summed E-state index contributed by atoms with van der Waals surface area (Å²) >= 11 is 0. The molecule has 2 amide bonds. The van der Waals surface area contributed by atoms with Gasteiger partial charge in [0.25, 0.3) is 5.91 Å². The Morgan fingerprint density at radius 3 is 2.29 bits per heavy atom. The van der Waals surface area contributed by atoms with Gasteiger partial charge in [0.15, 0.2) is 0 Å². The highest BCUT2D eigenvalue weighted by molar-refractivity contribution is 5.97. The second kappa shape index (κ2) is 7.78. The van der Waals surface area contributed by atoms with Gasteiger partial charge in [0, 0.05) is 18.7 Å². The molecule has 0 radical (unpaired) electrons. The summed E-state index contributed by atoms with van der Waals surface area (Å²) in [4.78, 5) is 26.2. The summed E-state index contributed by atoms with van der Waals surface area (Å²) in [6.45, 7) is 1.03. The lowest BCUT2D eigenvalue weighted by Crippen LogP contribution is -2.50. The fourth-order valence-electron chi connectivity index (χ4n) is 2.53. The van der Waals surface area contributed by atoms with Crippen LogP contribution < -0.4 is 5.32 Å². The average Bonchev–Trinajstić information content (AvgIpc) is 2.81. The number of rotatable bonds is 4. The SMILES string of the molecule is O=C(N[C@@H](CO)C(=O)N1CCCCCC1)c1ccccc1. The number of aliphatic hydroxyl groups is 1. The van der Waals surface area contributed by atoms with E-state index >= 15 is 0 Å². The van der Waals surface area contributed by atoms with Crippen molar-refractivity contribution in [3.8, 4) is 0 Å². The van der Waals surface area contributed by atoms with Gasteiger partial charge >= 0.3 is 0 Å². The molecule has 0 spiro atoms. The van der Waals surface area contributed by atoms with Crippen molar-refractivity contribution in [2.24, 2.45) is 0 Å². The number of hydrogen-bond acceptors (Lipinski definition) is 3. The molecule has 2 rings (SSSR count). The molecule has 0 bridgehead atoms. The number of carbonyl (C=O) groups excluding carboxylic acids is 2. The number of benzene rings is 1. The maximum absolute atomic E-state index is 12.4. The highest BCUT2D eigenvalue weighted by atomic mass is 16.3. The molecule has 0 unspecified atom stereocenters. The predicted molar refractivity (Wildman–Crippen MR) is 79.8 cm³/mol. The van der Waals surface area contributed by atoms with E-state index in [2.05, 4.69) is 5.32 Å². The molecule has 21 heavy (non-hydrogen) atoms. The Labute approximate surface area is 125 Å². The van der Waals surface area contributed by atoms with Gasteiger partial charge < -0.3 is 15.3 Å². The van der Waals surface area contributed by atoms with Gasteiger partial charge in [-0.2, -0.15) is 0 Å². The minimum Gasteiger partial charge on any atom is -0.394 e. The zero-order valence-corrected chi connectivity index (χ0v) is 12.1. The summed E-state index contributed by atoms with van der Waals surface area (Å²) in [7, 11) is 0. The first kappa shape index (κ1) is 15.5. The lowest BCUT2D eigenvalue weighted by Gasteiger charge is -2.25. The fraction of sp³-hybridized carbons (Fsp3) is 0.500. The number of likely N-dealkylation sites (tertiary alicyclic amines) is 1. The van der Waals surface area contributed by atoms with Gasteiger partial charge in [-0.15, -0.1) is 0 Å². The van der Waals surface area contributed by atoms with Gasteiger partial charge in [-0.1, -0.05) is 31.0 Å². The van der Waals surface area contributed by atoms with E-state index in [9.17, 15) is 14.7 Å². The van der Waals surface area contributed by atoms with E-state index in [0.29, 0.717) is 18.7 Å². The van der Waals surface area contributed by atoms with Crippen LogP contribution >= 0.6 is 0 Å². The number of hydrogen-bond donors (Lipinski definition) is 2. The third-order valence-electron chi connectivity index (χ3n) is 3.74. The second-order valence-corrected chi connectivity index (χ2v) is 5.31. The first-order valence-electron chi connectivity index (χ1n) is 7.48. The van der Waals surface area contributed by atoms with E-state index in [-0.39, 0.29) is 18.4 Å². The van der Waals surface area contributed by atoms with Gasteiger partial charge in [-0.05, 0) is 25.0 Å². The number of carbonyl (C=O) groups is 2. The van der Waals surface area contributed by atoms with Crippen molar-refractivity contribution in [1.29, 1.82) is 0 Å². The molecule has 1 aliphatic rings. The molecule has 0 aliphatic carbocycles. The maximum Gasteiger partial charge on any atom is 0.251 e. The zero-order chi connectivity index (χ0) is 15.1. The van der Waals surface area contributed by atoms with Crippen molar-refractivity contribution in [2.75, 3.05) is 19.7 Å². The van der Waals surface area contributed by atoms with Crippen LogP contribution in [0, 0.1) is 0 Å². The predicted octanol–water partition coefficient (Wildman–Crippen LogP) is 1.18. The first-order valence-corrected chi connectivity index (χ1v) is 7.48. The Balaban J connectivity index is 1.98. The van der Waals surface area contributed by atoms with Gasteiger partial charge in [0.2, 0.25) is 5.91 Å². The van der Waals surface area contributed by atoms with Crippen molar-refractivity contribution in [2.45, 2.75) is 31.7 Å². The number of nitrogens with one attached hydrogen (secondary N) is 1. The topological polar surface area (TPSA) is 69.6 Å². The molecule has 1 fully saturated rings. The van der Waals surface area contributed by atoms with Crippen molar-refractivity contribution in [1.82, 2.24) is 10.2 Å². The summed E-state index contributed by atoms with van der Waals surface area (Å²) < 4.78 is 0. The summed E-state index contributed by atoms with van der Waals surface area (Å²) in [6, 6.07) is 7.85. The Hall–Kier alpha value is -1.88. The monoisotopic (exact) mass is 290 g/mol. The molecule has 1 aromatic rings. The van der Waals surface area contributed by atoms with Crippen LogP contribution in [0.5, 0.6) is 0 Å². The van der Waals surface area contributed by atoms with Gasteiger partial charge in [0.1, 0.15) is 6.04 Å². The van der Waals surface area contributed by atoms with Crippen molar-refractivity contribution in [3.63, 3.8) is 0 Å². The fourth-order valence-corrected chi connectivity index (χ4v) is 2.53. The van der Waals surface area contributed by atoms with Crippen LogP contribution in [0.3, 0.4) is 0 Å². The van der Waals surface area contributed by atoms with Crippen molar-refractivity contribution < 1.29 is 14.7 Å². The number of nitrogens with zero attached hydrogens (tertiary/aromatic N) is 1. The molecule has 5 heteroatoms. The Bertz CT molecular complexity index is 468. The summed E-state index contributed by atoms with van der Waals surface area (Å²) in [5.41, 5.74) is 0.486.